The molecule has 1 saturated heterocycles. The Morgan fingerprint density at radius 1 is 1.00 bits per heavy atom. The average Bonchev–Trinajstić information content (AvgIpc) is 2.90. The maximum absolute atomic E-state index is 5.78. The fourth-order valence-electron chi connectivity index (χ4n) is 3.71. The summed E-state index contributed by atoms with van der Waals surface area (Å²) in [5.41, 5.74) is 5.83. The molecule has 0 aromatic heterocycles. The van der Waals surface area contributed by atoms with Gasteiger partial charge >= 0.3 is 0 Å². The lowest BCUT2D eigenvalue weighted by molar-refractivity contribution is 0.0724. The Labute approximate surface area is 137 Å². The number of oxime groups is 1. The van der Waals surface area contributed by atoms with Gasteiger partial charge in [0.15, 0.2) is 0 Å². The van der Waals surface area contributed by atoms with Gasteiger partial charge in [0, 0.05) is 23.6 Å². The van der Waals surface area contributed by atoms with Gasteiger partial charge in [0.1, 0.15) is 12.3 Å². The summed E-state index contributed by atoms with van der Waals surface area (Å²) in [5, 5.41) is 4.52. The Morgan fingerprint density at radius 2 is 1.61 bits per heavy atom. The molecular formula is C20H22N2O. The fraction of sp³-hybridized carbons (Fsp3) is 0.350. The van der Waals surface area contributed by atoms with Crippen LogP contribution in [0.2, 0.25) is 0 Å². The molecule has 1 heterocycles. The highest BCUT2D eigenvalue weighted by Gasteiger charge is 2.25. The molecule has 4 rings (SSSR count). The van der Waals surface area contributed by atoms with Crippen molar-refractivity contribution in [2.75, 3.05) is 26.7 Å². The maximum atomic E-state index is 5.78. The minimum atomic E-state index is 0.588. The van der Waals surface area contributed by atoms with Crippen molar-refractivity contribution < 1.29 is 4.84 Å². The zero-order valence-corrected chi connectivity index (χ0v) is 13.5. The quantitative estimate of drug-likeness (QED) is 0.688. The van der Waals surface area contributed by atoms with Crippen LogP contribution < -0.4 is 0 Å². The summed E-state index contributed by atoms with van der Waals surface area (Å²) in [6.07, 6.45) is 2.50. The van der Waals surface area contributed by atoms with Gasteiger partial charge in [0.25, 0.3) is 0 Å². The van der Waals surface area contributed by atoms with Gasteiger partial charge in [-0.05, 0) is 37.6 Å². The molecule has 118 valence electrons. The van der Waals surface area contributed by atoms with E-state index in [2.05, 4.69) is 65.6 Å². The minimum absolute atomic E-state index is 0.588. The molecule has 2 aromatic carbocycles. The molecule has 1 unspecified atom stereocenters. The normalized spacial score (nSPS) is 20.0. The third kappa shape index (κ3) is 2.77. The maximum Gasteiger partial charge on any atom is 0.121 e. The van der Waals surface area contributed by atoms with Crippen molar-refractivity contribution in [3.05, 3.63) is 59.7 Å². The third-order valence-corrected chi connectivity index (χ3v) is 4.84. The van der Waals surface area contributed by atoms with Crippen LogP contribution >= 0.6 is 0 Å². The van der Waals surface area contributed by atoms with E-state index in [1.807, 2.05) is 0 Å². The molecule has 1 aliphatic carbocycles. The third-order valence-electron chi connectivity index (χ3n) is 4.84. The second-order valence-corrected chi connectivity index (χ2v) is 6.60. The molecule has 0 bridgehead atoms. The lowest BCUT2D eigenvalue weighted by Crippen LogP contribution is -2.33. The van der Waals surface area contributed by atoms with E-state index in [0.717, 1.165) is 12.3 Å². The Hall–Kier alpha value is -2.13. The molecule has 1 atom stereocenters. The van der Waals surface area contributed by atoms with E-state index in [9.17, 15) is 0 Å². The highest BCUT2D eigenvalue weighted by atomic mass is 16.6. The second-order valence-electron chi connectivity index (χ2n) is 6.60. The number of piperidine rings is 1. The smallest absolute Gasteiger partial charge is 0.121 e. The van der Waals surface area contributed by atoms with Crippen LogP contribution in [0.25, 0.3) is 11.1 Å². The fourth-order valence-corrected chi connectivity index (χ4v) is 3.71. The van der Waals surface area contributed by atoms with Gasteiger partial charge in [-0.1, -0.05) is 53.7 Å². The van der Waals surface area contributed by atoms with Crippen molar-refractivity contribution in [3.63, 3.8) is 0 Å². The van der Waals surface area contributed by atoms with Crippen LogP contribution in [-0.2, 0) is 4.84 Å². The van der Waals surface area contributed by atoms with Crippen molar-refractivity contribution >= 4 is 5.71 Å². The van der Waals surface area contributed by atoms with Crippen LogP contribution in [0.3, 0.4) is 0 Å². The number of benzene rings is 2. The van der Waals surface area contributed by atoms with Gasteiger partial charge in [0.2, 0.25) is 0 Å². The van der Waals surface area contributed by atoms with Gasteiger partial charge in [-0.25, -0.2) is 0 Å². The molecule has 23 heavy (non-hydrogen) atoms. The molecule has 1 aliphatic heterocycles. The van der Waals surface area contributed by atoms with Crippen LogP contribution in [0.5, 0.6) is 0 Å². The summed E-state index contributed by atoms with van der Waals surface area (Å²) in [5.74, 6) is 0.588. The minimum Gasteiger partial charge on any atom is -0.395 e. The van der Waals surface area contributed by atoms with Crippen LogP contribution in [-0.4, -0.2) is 37.4 Å². The Kier molecular flexibility index (Phi) is 3.88. The molecule has 2 aliphatic rings. The lowest BCUT2D eigenvalue weighted by atomic mass is 10.00. The van der Waals surface area contributed by atoms with E-state index < -0.39 is 0 Å². The van der Waals surface area contributed by atoms with Gasteiger partial charge in [0.05, 0.1) is 0 Å². The number of rotatable bonds is 3. The Bertz CT molecular complexity index is 690. The van der Waals surface area contributed by atoms with Crippen molar-refractivity contribution in [1.82, 2.24) is 4.90 Å². The standard InChI is InChI=1S/C20H22N2O/c1-22-12-6-7-15(13-22)14-23-21-20-18-10-4-2-8-16(18)17-9-3-5-11-19(17)20/h2-5,8-11,15H,6-7,12-14H2,1H3. The van der Waals surface area contributed by atoms with Crippen LogP contribution in [0.1, 0.15) is 24.0 Å². The molecule has 0 radical (unpaired) electrons. The molecule has 0 amide bonds. The lowest BCUT2D eigenvalue weighted by Gasteiger charge is -2.28. The molecular weight excluding hydrogens is 284 g/mol. The van der Waals surface area contributed by atoms with E-state index in [4.69, 9.17) is 4.84 Å². The molecule has 1 fully saturated rings. The summed E-state index contributed by atoms with van der Waals surface area (Å²) in [6, 6.07) is 16.9. The summed E-state index contributed by atoms with van der Waals surface area (Å²) < 4.78 is 0. The van der Waals surface area contributed by atoms with Crippen molar-refractivity contribution in [2.24, 2.45) is 11.1 Å². The summed E-state index contributed by atoms with van der Waals surface area (Å²) in [4.78, 5) is 8.16. The first-order valence-electron chi connectivity index (χ1n) is 8.40. The van der Waals surface area contributed by atoms with E-state index >= 15 is 0 Å². The SMILES string of the molecule is CN1CCCC(CON=C2c3ccccc3-c3ccccc32)C1. The largest absolute Gasteiger partial charge is 0.395 e. The first-order valence-corrected chi connectivity index (χ1v) is 8.40. The zero-order chi connectivity index (χ0) is 15.6. The van der Waals surface area contributed by atoms with Gasteiger partial charge in [-0.2, -0.15) is 0 Å². The molecule has 3 nitrogen and oxygen atoms in total. The van der Waals surface area contributed by atoms with Crippen molar-refractivity contribution in [1.29, 1.82) is 0 Å². The van der Waals surface area contributed by atoms with Gasteiger partial charge < -0.3 is 9.74 Å². The monoisotopic (exact) mass is 306 g/mol. The Morgan fingerprint density at radius 3 is 2.22 bits per heavy atom. The molecule has 0 saturated carbocycles. The summed E-state index contributed by atoms with van der Waals surface area (Å²) in [6.45, 7) is 3.02. The number of likely N-dealkylation sites (tertiary alicyclic amines) is 1. The highest BCUT2D eigenvalue weighted by Crippen LogP contribution is 2.36. The predicted molar refractivity (Wildman–Crippen MR) is 93.7 cm³/mol. The topological polar surface area (TPSA) is 24.8 Å². The van der Waals surface area contributed by atoms with Crippen molar-refractivity contribution in [3.8, 4) is 11.1 Å². The van der Waals surface area contributed by atoms with Crippen LogP contribution in [0.4, 0.5) is 0 Å². The molecule has 0 N–H and O–H groups in total. The van der Waals surface area contributed by atoms with E-state index in [1.54, 1.807) is 0 Å². The van der Waals surface area contributed by atoms with Crippen molar-refractivity contribution in [2.45, 2.75) is 12.8 Å². The number of fused-ring (bicyclic) bond motifs is 3. The molecule has 2 aromatic rings. The summed E-state index contributed by atoms with van der Waals surface area (Å²) >= 11 is 0. The van der Waals surface area contributed by atoms with Gasteiger partial charge in [-0.15, -0.1) is 0 Å². The van der Waals surface area contributed by atoms with E-state index in [-0.39, 0.29) is 0 Å². The first-order chi connectivity index (χ1) is 11.3. The number of hydrogen-bond acceptors (Lipinski definition) is 3. The second kappa shape index (κ2) is 6.17. The van der Waals surface area contributed by atoms with Crippen LogP contribution in [0, 0.1) is 5.92 Å². The number of nitrogens with zero attached hydrogens (tertiary/aromatic N) is 2. The van der Waals surface area contributed by atoms with E-state index in [0.29, 0.717) is 12.5 Å². The van der Waals surface area contributed by atoms with E-state index in [1.165, 1.54) is 41.6 Å². The first kappa shape index (κ1) is 14.5. The predicted octanol–water partition coefficient (Wildman–Crippen LogP) is 3.78. The van der Waals surface area contributed by atoms with Gasteiger partial charge in [-0.3, -0.25) is 0 Å². The van der Waals surface area contributed by atoms with Crippen LogP contribution in [0.15, 0.2) is 53.7 Å². The highest BCUT2D eigenvalue weighted by molar-refractivity contribution is 6.24. The molecule has 3 heteroatoms. The zero-order valence-electron chi connectivity index (χ0n) is 13.5. The Balaban J connectivity index is 1.56. The molecule has 0 spiro atoms. The average molecular weight is 306 g/mol. The number of hydrogen-bond donors (Lipinski definition) is 0. The summed E-state index contributed by atoms with van der Waals surface area (Å²) in [7, 11) is 2.18.